The Labute approximate surface area is 167 Å². The Morgan fingerprint density at radius 3 is 2.66 bits per heavy atom. The molecule has 0 spiro atoms. The molecule has 9 heteroatoms. The van der Waals surface area contributed by atoms with Crippen LogP contribution in [0.2, 0.25) is 0 Å². The number of carbonyl (C=O) groups is 1. The van der Waals surface area contributed by atoms with Crippen molar-refractivity contribution in [2.75, 3.05) is 5.32 Å². The molecule has 3 N–H and O–H groups in total. The summed E-state index contributed by atoms with van der Waals surface area (Å²) in [6, 6.07) is 7.13. The fraction of sp³-hybridized carbons (Fsp3) is 0.400. The van der Waals surface area contributed by atoms with Gasteiger partial charge in [-0.3, -0.25) is 14.2 Å². The molecule has 1 amide bonds. The Balaban J connectivity index is 1.85. The number of rotatable bonds is 5. The highest BCUT2D eigenvalue weighted by molar-refractivity contribution is 5.96. The Morgan fingerprint density at radius 1 is 1.28 bits per heavy atom. The molecule has 0 bridgehead atoms. The average molecular weight is 396 g/mol. The number of nitrogens with zero attached hydrogens (tertiary/aromatic N) is 4. The van der Waals surface area contributed by atoms with Crippen molar-refractivity contribution in [3.05, 3.63) is 46.4 Å². The molecule has 0 aromatic carbocycles. The van der Waals surface area contributed by atoms with Gasteiger partial charge in [0.25, 0.3) is 11.5 Å². The Kier molecular flexibility index (Phi) is 4.52. The predicted molar refractivity (Wildman–Crippen MR) is 109 cm³/mol. The molecule has 3 heterocycles. The minimum Gasteiger partial charge on any atom is -0.492 e. The molecule has 4 rings (SSSR count). The molecule has 1 aliphatic carbocycles. The zero-order chi connectivity index (χ0) is 20.8. The SMILES string of the molecule is CC(C)(C)Cn1c(=O)c(C(=O)NC2CC2)c(O)n2nc(Nc3ccccn3)cc12. The van der Waals surface area contributed by atoms with E-state index in [2.05, 4.69) is 20.7 Å². The van der Waals surface area contributed by atoms with Gasteiger partial charge < -0.3 is 15.7 Å². The van der Waals surface area contributed by atoms with Crippen LogP contribution in [0.25, 0.3) is 5.65 Å². The summed E-state index contributed by atoms with van der Waals surface area (Å²) in [5, 5.41) is 20.9. The van der Waals surface area contributed by atoms with Crippen molar-refractivity contribution >= 4 is 23.2 Å². The predicted octanol–water partition coefficient (Wildman–Crippen LogP) is 2.28. The molecule has 3 aromatic heterocycles. The monoisotopic (exact) mass is 396 g/mol. The average Bonchev–Trinajstić information content (AvgIpc) is 3.35. The van der Waals surface area contributed by atoms with E-state index in [0.29, 0.717) is 23.8 Å². The van der Waals surface area contributed by atoms with E-state index in [-0.39, 0.29) is 17.0 Å². The van der Waals surface area contributed by atoms with Gasteiger partial charge >= 0.3 is 0 Å². The van der Waals surface area contributed by atoms with E-state index in [1.807, 2.05) is 26.8 Å². The number of hydrogen-bond donors (Lipinski definition) is 3. The van der Waals surface area contributed by atoms with Gasteiger partial charge in [0, 0.05) is 24.8 Å². The summed E-state index contributed by atoms with van der Waals surface area (Å²) in [6.07, 6.45) is 3.40. The largest absolute Gasteiger partial charge is 0.492 e. The second-order valence-corrected chi connectivity index (χ2v) is 8.54. The lowest BCUT2D eigenvalue weighted by Gasteiger charge is -2.21. The number of aromatic nitrogens is 4. The second-order valence-electron chi connectivity index (χ2n) is 8.54. The summed E-state index contributed by atoms with van der Waals surface area (Å²) < 4.78 is 2.71. The summed E-state index contributed by atoms with van der Waals surface area (Å²) >= 11 is 0. The molecule has 152 valence electrons. The van der Waals surface area contributed by atoms with Gasteiger partial charge in [-0.2, -0.15) is 4.52 Å². The quantitative estimate of drug-likeness (QED) is 0.610. The first-order valence-corrected chi connectivity index (χ1v) is 9.57. The third-order valence-electron chi connectivity index (χ3n) is 4.54. The molecule has 0 radical (unpaired) electrons. The molecule has 9 nitrogen and oxygen atoms in total. The van der Waals surface area contributed by atoms with Crippen LogP contribution in [0.5, 0.6) is 5.88 Å². The number of aromatic hydroxyl groups is 1. The van der Waals surface area contributed by atoms with Crippen molar-refractivity contribution in [3.63, 3.8) is 0 Å². The first-order chi connectivity index (χ1) is 13.7. The van der Waals surface area contributed by atoms with Crippen LogP contribution in [-0.4, -0.2) is 36.2 Å². The van der Waals surface area contributed by atoms with E-state index in [1.54, 1.807) is 24.4 Å². The topological polar surface area (TPSA) is 114 Å². The number of anilines is 2. The highest BCUT2D eigenvalue weighted by Crippen LogP contribution is 2.25. The maximum atomic E-state index is 13.2. The van der Waals surface area contributed by atoms with Crippen molar-refractivity contribution in [1.29, 1.82) is 0 Å². The minimum absolute atomic E-state index is 0.0621. The fourth-order valence-electron chi connectivity index (χ4n) is 3.10. The summed E-state index contributed by atoms with van der Waals surface area (Å²) in [6.45, 7) is 6.34. The Morgan fingerprint density at radius 2 is 2.03 bits per heavy atom. The van der Waals surface area contributed by atoms with Gasteiger partial charge in [-0.1, -0.05) is 26.8 Å². The van der Waals surface area contributed by atoms with Gasteiger partial charge in [-0.25, -0.2) is 4.98 Å². The smallest absolute Gasteiger partial charge is 0.270 e. The third kappa shape index (κ3) is 3.94. The van der Waals surface area contributed by atoms with Crippen LogP contribution in [0.3, 0.4) is 0 Å². The van der Waals surface area contributed by atoms with Gasteiger partial charge in [-0.15, -0.1) is 5.10 Å². The van der Waals surface area contributed by atoms with Crippen molar-refractivity contribution < 1.29 is 9.90 Å². The maximum Gasteiger partial charge on any atom is 0.270 e. The van der Waals surface area contributed by atoms with E-state index in [9.17, 15) is 14.7 Å². The molecule has 1 saturated carbocycles. The zero-order valence-corrected chi connectivity index (χ0v) is 16.6. The number of amides is 1. The van der Waals surface area contributed by atoms with Gasteiger partial charge in [-0.05, 0) is 30.4 Å². The molecule has 1 fully saturated rings. The van der Waals surface area contributed by atoms with Crippen LogP contribution in [0.15, 0.2) is 35.3 Å². The molecule has 0 unspecified atom stereocenters. The highest BCUT2D eigenvalue weighted by atomic mass is 16.3. The van der Waals surface area contributed by atoms with Crippen LogP contribution in [-0.2, 0) is 6.54 Å². The van der Waals surface area contributed by atoms with Crippen LogP contribution in [0, 0.1) is 5.41 Å². The highest BCUT2D eigenvalue weighted by Gasteiger charge is 2.30. The summed E-state index contributed by atoms with van der Waals surface area (Å²) in [5.74, 6) is -0.0655. The standard InChI is InChI=1S/C20H24N6O3/c1-20(2,3)11-25-15-10-14(23-13-6-4-5-9-21-13)24-26(15)19(29)16(18(25)28)17(27)22-12-7-8-12/h4-6,9-10,12,29H,7-8,11H2,1-3H3,(H,22,27)(H,21,23,24). The molecule has 29 heavy (non-hydrogen) atoms. The van der Waals surface area contributed by atoms with Gasteiger partial charge in [0.2, 0.25) is 5.88 Å². The van der Waals surface area contributed by atoms with Gasteiger partial charge in [0.05, 0.1) is 0 Å². The van der Waals surface area contributed by atoms with Crippen molar-refractivity contribution in [3.8, 4) is 5.88 Å². The van der Waals surface area contributed by atoms with Crippen molar-refractivity contribution in [2.24, 2.45) is 5.41 Å². The van der Waals surface area contributed by atoms with Crippen LogP contribution >= 0.6 is 0 Å². The lowest BCUT2D eigenvalue weighted by molar-refractivity contribution is 0.0944. The van der Waals surface area contributed by atoms with Crippen LogP contribution < -0.4 is 16.2 Å². The minimum atomic E-state index is -0.575. The molecule has 1 aliphatic rings. The van der Waals surface area contributed by atoms with E-state index in [0.717, 1.165) is 12.8 Å². The number of hydrogen-bond acceptors (Lipinski definition) is 6. The van der Waals surface area contributed by atoms with E-state index in [4.69, 9.17) is 0 Å². The molecular weight excluding hydrogens is 372 g/mol. The third-order valence-corrected chi connectivity index (χ3v) is 4.54. The lowest BCUT2D eigenvalue weighted by atomic mass is 9.97. The first-order valence-electron chi connectivity index (χ1n) is 9.57. The summed E-state index contributed by atoms with van der Waals surface area (Å²) in [7, 11) is 0. The summed E-state index contributed by atoms with van der Waals surface area (Å²) in [5.41, 5.74) is -0.665. The van der Waals surface area contributed by atoms with Gasteiger partial charge in [0.15, 0.2) is 11.4 Å². The fourth-order valence-corrected chi connectivity index (χ4v) is 3.10. The van der Waals surface area contributed by atoms with Gasteiger partial charge in [0.1, 0.15) is 11.5 Å². The number of pyridine rings is 1. The van der Waals surface area contributed by atoms with E-state index >= 15 is 0 Å². The van der Waals surface area contributed by atoms with E-state index in [1.165, 1.54) is 9.08 Å². The number of nitrogens with one attached hydrogen (secondary N) is 2. The number of fused-ring (bicyclic) bond motifs is 1. The lowest BCUT2D eigenvalue weighted by Crippen LogP contribution is -2.37. The summed E-state index contributed by atoms with van der Waals surface area (Å²) in [4.78, 5) is 30.0. The number of carbonyl (C=O) groups excluding carboxylic acids is 1. The van der Waals surface area contributed by atoms with Crippen LogP contribution in [0.1, 0.15) is 44.0 Å². The normalized spacial score (nSPS) is 14.2. The second kappa shape index (κ2) is 6.91. The Hall–Kier alpha value is -3.36. The van der Waals surface area contributed by atoms with Crippen molar-refractivity contribution in [1.82, 2.24) is 24.5 Å². The molecular formula is C20H24N6O3. The first kappa shape index (κ1) is 19.0. The molecule has 3 aromatic rings. The van der Waals surface area contributed by atoms with Crippen molar-refractivity contribution in [2.45, 2.75) is 46.2 Å². The Bertz CT molecular complexity index is 1120. The molecule has 0 atom stereocenters. The molecule has 0 aliphatic heterocycles. The van der Waals surface area contributed by atoms with Crippen LogP contribution in [0.4, 0.5) is 11.6 Å². The molecule has 0 saturated heterocycles. The van der Waals surface area contributed by atoms with E-state index < -0.39 is 17.3 Å². The zero-order valence-electron chi connectivity index (χ0n) is 16.6. The maximum absolute atomic E-state index is 13.2.